The standard InChI is InChI=1S/C19H22N2O2.ClH/c1-19(2)12-16(15-5-3-4-6-17(15)23-19)21-18(22)11-13-7-9-14(20)10-8-13;/h3-10,16H,11-12,20H2,1-2H3,(H,21,22);1H. The maximum Gasteiger partial charge on any atom is 0.224 e. The van der Waals surface area contributed by atoms with E-state index in [2.05, 4.69) is 5.32 Å². The van der Waals surface area contributed by atoms with Crippen molar-refractivity contribution in [2.24, 2.45) is 0 Å². The van der Waals surface area contributed by atoms with Crippen LogP contribution >= 0.6 is 12.4 Å². The van der Waals surface area contributed by atoms with Gasteiger partial charge in [-0.25, -0.2) is 0 Å². The maximum atomic E-state index is 12.4. The number of fused-ring (bicyclic) bond motifs is 1. The summed E-state index contributed by atoms with van der Waals surface area (Å²) >= 11 is 0. The molecule has 2 aromatic rings. The Balaban J connectivity index is 0.00000208. The molecule has 1 atom stereocenters. The lowest BCUT2D eigenvalue weighted by Gasteiger charge is -2.37. The number of hydrogen-bond acceptors (Lipinski definition) is 3. The monoisotopic (exact) mass is 346 g/mol. The zero-order valence-electron chi connectivity index (χ0n) is 13.9. The molecule has 1 amide bonds. The van der Waals surface area contributed by atoms with Crippen LogP contribution in [0.3, 0.4) is 0 Å². The third-order valence-electron chi connectivity index (χ3n) is 4.06. The highest BCUT2D eigenvalue weighted by Crippen LogP contribution is 2.39. The van der Waals surface area contributed by atoms with Crippen LogP contribution in [0, 0.1) is 0 Å². The average Bonchev–Trinajstić information content (AvgIpc) is 2.48. The Hall–Kier alpha value is -2.20. The fourth-order valence-corrected chi connectivity index (χ4v) is 3.00. The predicted octanol–water partition coefficient (Wildman–Crippen LogP) is 3.65. The fourth-order valence-electron chi connectivity index (χ4n) is 3.00. The number of ether oxygens (including phenoxy) is 1. The minimum absolute atomic E-state index is 0. The van der Waals surface area contributed by atoms with E-state index >= 15 is 0 Å². The Morgan fingerprint density at radius 3 is 2.58 bits per heavy atom. The van der Waals surface area contributed by atoms with Gasteiger partial charge in [-0.05, 0) is 37.6 Å². The highest BCUT2D eigenvalue weighted by atomic mass is 35.5. The number of carbonyl (C=O) groups is 1. The van der Waals surface area contributed by atoms with Crippen LogP contribution in [0.2, 0.25) is 0 Å². The second kappa shape index (κ2) is 7.14. The molecule has 1 aliphatic rings. The average molecular weight is 347 g/mol. The normalized spacial score (nSPS) is 17.8. The van der Waals surface area contributed by atoms with Gasteiger partial charge in [0.25, 0.3) is 0 Å². The minimum atomic E-state index is -0.298. The summed E-state index contributed by atoms with van der Waals surface area (Å²) in [4.78, 5) is 12.4. The maximum absolute atomic E-state index is 12.4. The van der Waals surface area contributed by atoms with Gasteiger partial charge >= 0.3 is 0 Å². The van der Waals surface area contributed by atoms with Crippen molar-refractivity contribution in [2.45, 2.75) is 38.3 Å². The number of nitrogens with one attached hydrogen (secondary N) is 1. The Morgan fingerprint density at radius 2 is 1.88 bits per heavy atom. The number of para-hydroxylation sites is 1. The van der Waals surface area contributed by atoms with E-state index in [0.717, 1.165) is 23.3 Å². The molecule has 1 unspecified atom stereocenters. The number of anilines is 1. The largest absolute Gasteiger partial charge is 0.487 e. The quantitative estimate of drug-likeness (QED) is 0.834. The lowest BCUT2D eigenvalue weighted by molar-refractivity contribution is -0.121. The van der Waals surface area contributed by atoms with Gasteiger partial charge in [-0.1, -0.05) is 30.3 Å². The van der Waals surface area contributed by atoms with Gasteiger partial charge < -0.3 is 15.8 Å². The minimum Gasteiger partial charge on any atom is -0.487 e. The topological polar surface area (TPSA) is 64.4 Å². The summed E-state index contributed by atoms with van der Waals surface area (Å²) in [5, 5.41) is 3.14. The summed E-state index contributed by atoms with van der Waals surface area (Å²) in [6.07, 6.45) is 1.09. The number of carbonyl (C=O) groups excluding carboxylic acids is 1. The van der Waals surface area contributed by atoms with Crippen molar-refractivity contribution < 1.29 is 9.53 Å². The van der Waals surface area contributed by atoms with Gasteiger partial charge in [-0.3, -0.25) is 4.79 Å². The SMILES string of the molecule is CC1(C)CC(NC(=O)Cc2ccc(N)cc2)c2ccccc2O1.Cl. The van der Waals surface area contributed by atoms with Crippen LogP contribution in [0.25, 0.3) is 0 Å². The number of amides is 1. The molecule has 128 valence electrons. The molecule has 0 radical (unpaired) electrons. The molecule has 24 heavy (non-hydrogen) atoms. The molecule has 5 heteroatoms. The summed E-state index contributed by atoms with van der Waals surface area (Å²) in [6.45, 7) is 4.09. The van der Waals surface area contributed by atoms with Gasteiger partial charge in [0.2, 0.25) is 5.91 Å². The Morgan fingerprint density at radius 1 is 1.21 bits per heavy atom. The highest BCUT2D eigenvalue weighted by Gasteiger charge is 2.34. The van der Waals surface area contributed by atoms with E-state index in [1.807, 2.05) is 62.4 Å². The van der Waals surface area contributed by atoms with Crippen LogP contribution < -0.4 is 15.8 Å². The van der Waals surface area contributed by atoms with Crippen molar-refractivity contribution >= 4 is 24.0 Å². The molecule has 2 aromatic carbocycles. The molecule has 3 rings (SSSR count). The Bertz CT molecular complexity index is 714. The lowest BCUT2D eigenvalue weighted by Crippen LogP contribution is -2.41. The molecular weight excluding hydrogens is 324 g/mol. The zero-order chi connectivity index (χ0) is 16.4. The van der Waals surface area contributed by atoms with Crippen molar-refractivity contribution in [3.63, 3.8) is 0 Å². The number of hydrogen-bond donors (Lipinski definition) is 2. The molecule has 0 spiro atoms. The van der Waals surface area contributed by atoms with Crippen LogP contribution in [-0.2, 0) is 11.2 Å². The molecular formula is C19H23ClN2O2. The first-order valence-electron chi connectivity index (χ1n) is 7.85. The summed E-state index contributed by atoms with van der Waals surface area (Å²) in [7, 11) is 0. The number of nitrogens with two attached hydrogens (primary N) is 1. The van der Waals surface area contributed by atoms with Gasteiger partial charge in [0.05, 0.1) is 12.5 Å². The van der Waals surface area contributed by atoms with Crippen molar-refractivity contribution in [3.05, 3.63) is 59.7 Å². The van der Waals surface area contributed by atoms with Crippen molar-refractivity contribution in [3.8, 4) is 5.75 Å². The molecule has 1 aliphatic heterocycles. The predicted molar refractivity (Wildman–Crippen MR) is 98.5 cm³/mol. The van der Waals surface area contributed by atoms with Crippen LogP contribution in [-0.4, -0.2) is 11.5 Å². The second-order valence-corrected chi connectivity index (χ2v) is 6.64. The number of benzene rings is 2. The van der Waals surface area contributed by atoms with Crippen molar-refractivity contribution in [1.82, 2.24) is 5.32 Å². The van der Waals surface area contributed by atoms with Crippen LogP contribution in [0.4, 0.5) is 5.69 Å². The van der Waals surface area contributed by atoms with Gasteiger partial charge in [0, 0.05) is 17.7 Å². The third-order valence-corrected chi connectivity index (χ3v) is 4.06. The summed E-state index contributed by atoms with van der Waals surface area (Å²) < 4.78 is 6.00. The number of nitrogen functional groups attached to an aromatic ring is 1. The Labute approximate surface area is 148 Å². The van der Waals surface area contributed by atoms with E-state index in [1.54, 1.807) is 0 Å². The molecule has 0 aliphatic carbocycles. The first-order valence-corrected chi connectivity index (χ1v) is 7.85. The van der Waals surface area contributed by atoms with Gasteiger partial charge in [-0.15, -0.1) is 12.4 Å². The van der Waals surface area contributed by atoms with Gasteiger partial charge in [0.15, 0.2) is 0 Å². The lowest BCUT2D eigenvalue weighted by atomic mass is 9.89. The third kappa shape index (κ3) is 4.20. The van der Waals surface area contributed by atoms with Crippen molar-refractivity contribution in [2.75, 3.05) is 5.73 Å². The molecule has 1 heterocycles. The summed E-state index contributed by atoms with van der Waals surface area (Å²) in [5.41, 5.74) is 8.07. The number of halogens is 1. The fraction of sp³-hybridized carbons (Fsp3) is 0.316. The summed E-state index contributed by atoms with van der Waals surface area (Å²) in [5.74, 6) is 0.855. The van der Waals surface area contributed by atoms with Gasteiger partial charge in [-0.2, -0.15) is 0 Å². The van der Waals surface area contributed by atoms with E-state index in [4.69, 9.17) is 10.5 Å². The van der Waals surface area contributed by atoms with E-state index in [9.17, 15) is 4.79 Å². The van der Waals surface area contributed by atoms with E-state index in [1.165, 1.54) is 0 Å². The summed E-state index contributed by atoms with van der Waals surface area (Å²) in [6, 6.07) is 15.3. The molecule has 0 saturated carbocycles. The zero-order valence-corrected chi connectivity index (χ0v) is 14.7. The smallest absolute Gasteiger partial charge is 0.224 e. The molecule has 0 aromatic heterocycles. The van der Waals surface area contributed by atoms with E-state index in [0.29, 0.717) is 12.1 Å². The molecule has 0 fully saturated rings. The van der Waals surface area contributed by atoms with E-state index in [-0.39, 0.29) is 30.0 Å². The molecule has 0 saturated heterocycles. The molecule has 0 bridgehead atoms. The highest BCUT2D eigenvalue weighted by molar-refractivity contribution is 5.85. The van der Waals surface area contributed by atoms with Crippen LogP contribution in [0.1, 0.15) is 37.4 Å². The first-order chi connectivity index (χ1) is 10.9. The van der Waals surface area contributed by atoms with Crippen LogP contribution in [0.15, 0.2) is 48.5 Å². The molecule has 3 N–H and O–H groups in total. The first kappa shape index (κ1) is 18.1. The van der Waals surface area contributed by atoms with Gasteiger partial charge in [0.1, 0.15) is 11.4 Å². The van der Waals surface area contributed by atoms with Crippen molar-refractivity contribution in [1.29, 1.82) is 0 Å². The molecule has 4 nitrogen and oxygen atoms in total. The Kier molecular flexibility index (Phi) is 5.40. The second-order valence-electron chi connectivity index (χ2n) is 6.64. The van der Waals surface area contributed by atoms with Crippen LogP contribution in [0.5, 0.6) is 5.75 Å². The van der Waals surface area contributed by atoms with E-state index < -0.39 is 0 Å². The number of rotatable bonds is 3.